The Balaban J connectivity index is 2.29. The van der Waals surface area contributed by atoms with E-state index < -0.39 is 0 Å². The average Bonchev–Trinajstić information content (AvgIpc) is 2.11. The molecule has 13 heavy (non-hydrogen) atoms. The van der Waals surface area contributed by atoms with Crippen molar-refractivity contribution in [3.63, 3.8) is 0 Å². The van der Waals surface area contributed by atoms with Crippen molar-refractivity contribution in [3.8, 4) is 0 Å². The highest BCUT2D eigenvalue weighted by Gasteiger charge is 2.21. The molecule has 78 valence electrons. The lowest BCUT2D eigenvalue weighted by atomic mass is 10.1. The Morgan fingerprint density at radius 1 is 1.46 bits per heavy atom. The normalized spacial score (nSPS) is 29.1. The number of nitrogens with zero attached hydrogens (tertiary/aromatic N) is 2. The molecule has 3 nitrogen and oxygen atoms in total. The van der Waals surface area contributed by atoms with Crippen molar-refractivity contribution in [1.82, 2.24) is 9.80 Å². The molecule has 1 aliphatic rings. The minimum absolute atomic E-state index is 0.306. The van der Waals surface area contributed by atoms with Gasteiger partial charge in [-0.1, -0.05) is 6.92 Å². The molecule has 0 amide bonds. The molecule has 0 saturated carbocycles. The minimum Gasteiger partial charge on any atom is -0.396 e. The van der Waals surface area contributed by atoms with Crippen molar-refractivity contribution in [2.75, 3.05) is 39.8 Å². The Kier molecular flexibility index (Phi) is 4.16. The van der Waals surface area contributed by atoms with Crippen LogP contribution in [0.1, 0.15) is 13.8 Å². The zero-order valence-corrected chi connectivity index (χ0v) is 9.03. The molecule has 1 rings (SSSR count). The van der Waals surface area contributed by atoms with Gasteiger partial charge in [0.15, 0.2) is 0 Å². The van der Waals surface area contributed by atoms with Gasteiger partial charge in [0.1, 0.15) is 0 Å². The molecule has 2 atom stereocenters. The molecule has 1 fully saturated rings. The second-order valence-electron chi connectivity index (χ2n) is 4.38. The van der Waals surface area contributed by atoms with E-state index in [1.165, 1.54) is 0 Å². The Morgan fingerprint density at radius 2 is 2.15 bits per heavy atom. The van der Waals surface area contributed by atoms with Crippen LogP contribution in [-0.2, 0) is 0 Å². The monoisotopic (exact) mass is 186 g/mol. The van der Waals surface area contributed by atoms with Crippen LogP contribution in [0.2, 0.25) is 0 Å². The summed E-state index contributed by atoms with van der Waals surface area (Å²) in [6.07, 6.45) is 0. The summed E-state index contributed by atoms with van der Waals surface area (Å²) in [6, 6.07) is 0.652. The molecule has 0 aromatic carbocycles. The minimum atomic E-state index is 0.306. The van der Waals surface area contributed by atoms with Crippen LogP contribution in [0.15, 0.2) is 0 Å². The van der Waals surface area contributed by atoms with Gasteiger partial charge in [0.25, 0.3) is 0 Å². The van der Waals surface area contributed by atoms with Crippen molar-refractivity contribution in [2.24, 2.45) is 5.92 Å². The predicted molar refractivity (Wildman–Crippen MR) is 54.8 cm³/mol. The van der Waals surface area contributed by atoms with E-state index >= 15 is 0 Å². The maximum Gasteiger partial charge on any atom is 0.0468 e. The smallest absolute Gasteiger partial charge is 0.0468 e. The lowest BCUT2D eigenvalue weighted by Gasteiger charge is -2.38. The van der Waals surface area contributed by atoms with Crippen molar-refractivity contribution < 1.29 is 5.11 Å². The van der Waals surface area contributed by atoms with Crippen molar-refractivity contribution >= 4 is 0 Å². The summed E-state index contributed by atoms with van der Waals surface area (Å²) in [5.41, 5.74) is 0. The van der Waals surface area contributed by atoms with E-state index in [0.717, 1.165) is 26.2 Å². The molecule has 0 bridgehead atoms. The van der Waals surface area contributed by atoms with E-state index in [4.69, 9.17) is 5.11 Å². The van der Waals surface area contributed by atoms with Crippen LogP contribution < -0.4 is 0 Å². The molecule has 2 unspecified atom stereocenters. The number of hydrogen-bond acceptors (Lipinski definition) is 3. The van der Waals surface area contributed by atoms with Crippen LogP contribution in [0.4, 0.5) is 0 Å². The fourth-order valence-electron chi connectivity index (χ4n) is 1.79. The number of rotatable bonds is 3. The molecule has 0 radical (unpaired) electrons. The first-order chi connectivity index (χ1) is 6.13. The van der Waals surface area contributed by atoms with E-state index in [-0.39, 0.29) is 0 Å². The summed E-state index contributed by atoms with van der Waals surface area (Å²) < 4.78 is 0. The second-order valence-corrected chi connectivity index (χ2v) is 4.38. The molecule has 1 saturated heterocycles. The first-order valence-corrected chi connectivity index (χ1v) is 5.17. The highest BCUT2D eigenvalue weighted by molar-refractivity contribution is 4.77. The van der Waals surface area contributed by atoms with Gasteiger partial charge in [-0.15, -0.1) is 0 Å². The first-order valence-electron chi connectivity index (χ1n) is 5.17. The van der Waals surface area contributed by atoms with Crippen LogP contribution in [0, 0.1) is 5.92 Å². The lowest BCUT2D eigenvalue weighted by Crippen LogP contribution is -2.51. The summed E-state index contributed by atoms with van der Waals surface area (Å²) in [7, 11) is 2.18. The van der Waals surface area contributed by atoms with Gasteiger partial charge in [-0.3, -0.25) is 0 Å². The Hall–Kier alpha value is -0.120. The zero-order chi connectivity index (χ0) is 9.84. The van der Waals surface area contributed by atoms with Crippen molar-refractivity contribution in [3.05, 3.63) is 0 Å². The Morgan fingerprint density at radius 3 is 2.69 bits per heavy atom. The van der Waals surface area contributed by atoms with Gasteiger partial charge in [-0.25, -0.2) is 0 Å². The van der Waals surface area contributed by atoms with E-state index in [9.17, 15) is 0 Å². The average molecular weight is 186 g/mol. The van der Waals surface area contributed by atoms with E-state index in [1.807, 2.05) is 0 Å². The summed E-state index contributed by atoms with van der Waals surface area (Å²) in [6.45, 7) is 9.14. The lowest BCUT2D eigenvalue weighted by molar-refractivity contribution is 0.0833. The first kappa shape index (κ1) is 11.0. The maximum atomic E-state index is 8.95. The summed E-state index contributed by atoms with van der Waals surface area (Å²) in [5, 5.41) is 8.95. The molecule has 3 heteroatoms. The topological polar surface area (TPSA) is 26.7 Å². The number of likely N-dealkylation sites (N-methyl/N-ethyl adjacent to an activating group) is 1. The Labute approximate surface area is 81.3 Å². The summed E-state index contributed by atoms with van der Waals surface area (Å²) in [5.74, 6) is 0.413. The van der Waals surface area contributed by atoms with Gasteiger partial charge >= 0.3 is 0 Å². The third-order valence-electron chi connectivity index (χ3n) is 2.93. The van der Waals surface area contributed by atoms with E-state index in [2.05, 4.69) is 30.7 Å². The Bertz CT molecular complexity index is 150. The quantitative estimate of drug-likeness (QED) is 0.684. The highest BCUT2D eigenvalue weighted by atomic mass is 16.3. The van der Waals surface area contributed by atoms with Gasteiger partial charge in [-0.05, 0) is 19.9 Å². The van der Waals surface area contributed by atoms with Gasteiger partial charge in [0, 0.05) is 38.8 Å². The molecule has 1 aliphatic heterocycles. The zero-order valence-electron chi connectivity index (χ0n) is 9.03. The predicted octanol–water partition coefficient (Wildman–Crippen LogP) is 0.251. The molecular weight excluding hydrogens is 164 g/mol. The summed E-state index contributed by atoms with van der Waals surface area (Å²) >= 11 is 0. The van der Waals surface area contributed by atoms with E-state index in [1.54, 1.807) is 0 Å². The fourth-order valence-corrected chi connectivity index (χ4v) is 1.79. The summed E-state index contributed by atoms with van der Waals surface area (Å²) in [4.78, 5) is 4.84. The largest absolute Gasteiger partial charge is 0.396 e. The number of aliphatic hydroxyl groups is 1. The molecule has 1 N–H and O–H groups in total. The van der Waals surface area contributed by atoms with Crippen LogP contribution >= 0.6 is 0 Å². The molecule has 0 aromatic heterocycles. The maximum absolute atomic E-state index is 8.95. The third-order valence-corrected chi connectivity index (χ3v) is 2.93. The van der Waals surface area contributed by atoms with Crippen LogP contribution in [-0.4, -0.2) is 60.8 Å². The number of aliphatic hydroxyl groups excluding tert-OH is 1. The molecule has 0 spiro atoms. The number of piperazine rings is 1. The van der Waals surface area contributed by atoms with Crippen molar-refractivity contribution in [2.45, 2.75) is 19.9 Å². The van der Waals surface area contributed by atoms with Gasteiger partial charge in [-0.2, -0.15) is 0 Å². The van der Waals surface area contributed by atoms with Crippen LogP contribution in [0.25, 0.3) is 0 Å². The SMILES string of the molecule is CC(CO)CN1CCN(C)C(C)C1. The second kappa shape index (κ2) is 4.94. The third kappa shape index (κ3) is 3.25. The van der Waals surface area contributed by atoms with Crippen molar-refractivity contribution in [1.29, 1.82) is 0 Å². The van der Waals surface area contributed by atoms with Gasteiger partial charge < -0.3 is 14.9 Å². The molecule has 0 aliphatic carbocycles. The molecule has 0 aromatic rings. The van der Waals surface area contributed by atoms with Crippen LogP contribution in [0.5, 0.6) is 0 Å². The molecular formula is C10H22N2O. The van der Waals surface area contributed by atoms with Crippen LogP contribution in [0.3, 0.4) is 0 Å². The molecule has 1 heterocycles. The van der Waals surface area contributed by atoms with Gasteiger partial charge in [0.05, 0.1) is 0 Å². The van der Waals surface area contributed by atoms with E-state index in [0.29, 0.717) is 18.6 Å². The highest BCUT2D eigenvalue weighted by Crippen LogP contribution is 2.08. The standard InChI is InChI=1S/C10H22N2O/c1-9(8-13)6-12-5-4-11(3)10(2)7-12/h9-10,13H,4-8H2,1-3H3. The van der Waals surface area contributed by atoms with Gasteiger partial charge in [0.2, 0.25) is 0 Å². The fraction of sp³-hybridized carbons (Fsp3) is 1.00. The number of hydrogen-bond donors (Lipinski definition) is 1.